The average Bonchev–Trinajstić information content (AvgIpc) is 3.04. The van der Waals surface area contributed by atoms with Gasteiger partial charge in [-0.2, -0.15) is 0 Å². The normalized spacial score (nSPS) is 10.9. The smallest absolute Gasteiger partial charge is 0.262 e. The van der Waals surface area contributed by atoms with E-state index in [1.54, 1.807) is 11.3 Å². The van der Waals surface area contributed by atoms with Crippen molar-refractivity contribution in [1.82, 2.24) is 0 Å². The highest BCUT2D eigenvalue weighted by Crippen LogP contribution is 2.28. The molecule has 0 bridgehead atoms. The van der Waals surface area contributed by atoms with Gasteiger partial charge in [-0.15, -0.1) is 11.3 Å². The molecule has 4 heteroatoms. The van der Waals surface area contributed by atoms with Gasteiger partial charge in [-0.1, -0.05) is 38.3 Å². The molecule has 2 aromatic carbocycles. The first-order chi connectivity index (χ1) is 13.1. The molecule has 0 saturated heterocycles. The van der Waals surface area contributed by atoms with Gasteiger partial charge in [0.1, 0.15) is 5.75 Å². The minimum atomic E-state index is -0.146. The lowest BCUT2D eigenvalue weighted by molar-refractivity contribution is -0.118. The van der Waals surface area contributed by atoms with Crippen LogP contribution in [0.4, 0.5) is 5.69 Å². The second kappa shape index (κ2) is 9.56. The molecule has 0 fully saturated rings. The fourth-order valence-electron chi connectivity index (χ4n) is 3.10. The van der Waals surface area contributed by atoms with Crippen LogP contribution in [0.5, 0.6) is 5.75 Å². The van der Waals surface area contributed by atoms with Crippen molar-refractivity contribution in [2.75, 3.05) is 11.9 Å². The first-order valence-corrected chi connectivity index (χ1v) is 10.5. The van der Waals surface area contributed by atoms with E-state index in [0.717, 1.165) is 23.2 Å². The van der Waals surface area contributed by atoms with Crippen molar-refractivity contribution in [2.45, 2.75) is 46.0 Å². The van der Waals surface area contributed by atoms with E-state index >= 15 is 0 Å². The van der Waals surface area contributed by atoms with Crippen LogP contribution in [0.1, 0.15) is 43.0 Å². The van der Waals surface area contributed by atoms with E-state index in [0.29, 0.717) is 0 Å². The van der Waals surface area contributed by atoms with Crippen LogP contribution in [0.25, 0.3) is 10.1 Å². The number of nitrogens with one attached hydrogen (secondary N) is 1. The summed E-state index contributed by atoms with van der Waals surface area (Å²) in [5, 5.41) is 4.05. The fraction of sp³-hybridized carbons (Fsp3) is 0.348. The molecule has 0 atom stereocenters. The zero-order valence-corrected chi connectivity index (χ0v) is 16.9. The Morgan fingerprint density at radius 3 is 2.63 bits per heavy atom. The Kier molecular flexibility index (Phi) is 6.88. The van der Waals surface area contributed by atoms with Crippen LogP contribution in [0.3, 0.4) is 0 Å². The van der Waals surface area contributed by atoms with Crippen LogP contribution in [-0.4, -0.2) is 12.5 Å². The highest BCUT2D eigenvalue weighted by molar-refractivity contribution is 7.19. The Balaban J connectivity index is 1.46. The van der Waals surface area contributed by atoms with Gasteiger partial charge in [0.2, 0.25) is 0 Å². The molecule has 142 valence electrons. The highest BCUT2D eigenvalue weighted by Gasteiger charge is 2.06. The fourth-order valence-corrected chi connectivity index (χ4v) is 4.01. The second-order valence-electron chi connectivity index (χ2n) is 6.90. The minimum absolute atomic E-state index is 0.00734. The third-order valence-electron chi connectivity index (χ3n) is 4.54. The van der Waals surface area contributed by atoms with E-state index < -0.39 is 0 Å². The summed E-state index contributed by atoms with van der Waals surface area (Å²) in [5.41, 5.74) is 2.13. The number of carbonyl (C=O) groups excluding carboxylic acids is 1. The molecule has 1 N–H and O–H groups in total. The molecule has 0 aliphatic heterocycles. The van der Waals surface area contributed by atoms with Crippen molar-refractivity contribution in [3.8, 4) is 5.75 Å². The molecule has 0 aliphatic carbocycles. The van der Waals surface area contributed by atoms with E-state index in [1.807, 2.05) is 30.3 Å². The second-order valence-corrected chi connectivity index (χ2v) is 8.19. The number of fused-ring (bicyclic) bond motifs is 1. The van der Waals surface area contributed by atoms with Crippen LogP contribution in [-0.2, 0) is 11.2 Å². The van der Waals surface area contributed by atoms with E-state index in [2.05, 4.69) is 37.4 Å². The highest BCUT2D eigenvalue weighted by atomic mass is 32.1. The Hall–Kier alpha value is -2.33. The lowest BCUT2D eigenvalue weighted by Gasteiger charge is -2.08. The van der Waals surface area contributed by atoms with Crippen LogP contribution in [0, 0.1) is 6.92 Å². The molecule has 3 nitrogen and oxygen atoms in total. The van der Waals surface area contributed by atoms with Gasteiger partial charge in [0.15, 0.2) is 6.61 Å². The maximum atomic E-state index is 12.1. The number of aryl methyl sites for hydroxylation is 2. The Morgan fingerprint density at radius 2 is 1.85 bits per heavy atom. The SMILES string of the molecule is CCCCCCc1ccc(NC(=O)COc2ccc3sc(C)cc3c2)cc1. The van der Waals surface area contributed by atoms with Crippen LogP contribution < -0.4 is 10.1 Å². The van der Waals surface area contributed by atoms with E-state index in [9.17, 15) is 4.79 Å². The van der Waals surface area contributed by atoms with E-state index in [1.165, 1.54) is 40.8 Å². The molecule has 1 aromatic heterocycles. The molecule has 0 spiro atoms. The first-order valence-electron chi connectivity index (χ1n) is 9.66. The summed E-state index contributed by atoms with van der Waals surface area (Å²) in [7, 11) is 0. The summed E-state index contributed by atoms with van der Waals surface area (Å²) >= 11 is 1.76. The molecule has 1 amide bonds. The monoisotopic (exact) mass is 381 g/mol. The van der Waals surface area contributed by atoms with Crippen LogP contribution >= 0.6 is 11.3 Å². The van der Waals surface area contributed by atoms with Gasteiger partial charge >= 0.3 is 0 Å². The Morgan fingerprint density at radius 1 is 1.04 bits per heavy atom. The lowest BCUT2D eigenvalue weighted by Crippen LogP contribution is -2.20. The van der Waals surface area contributed by atoms with Gasteiger partial charge in [0.25, 0.3) is 5.91 Å². The molecular weight excluding hydrogens is 354 g/mol. The minimum Gasteiger partial charge on any atom is -0.484 e. The maximum absolute atomic E-state index is 12.1. The summed E-state index contributed by atoms with van der Waals surface area (Å²) in [5.74, 6) is 0.574. The predicted octanol–water partition coefficient (Wildman–Crippen LogP) is 6.35. The van der Waals surface area contributed by atoms with Crippen LogP contribution in [0.15, 0.2) is 48.5 Å². The molecular formula is C23H27NO2S. The van der Waals surface area contributed by atoms with Gasteiger partial charge < -0.3 is 10.1 Å². The molecule has 1 heterocycles. The summed E-state index contributed by atoms with van der Waals surface area (Å²) in [6.07, 6.45) is 6.16. The number of unbranched alkanes of at least 4 members (excludes halogenated alkanes) is 3. The predicted molar refractivity (Wildman–Crippen MR) is 115 cm³/mol. The number of benzene rings is 2. The van der Waals surface area contributed by atoms with Crippen molar-refractivity contribution in [3.63, 3.8) is 0 Å². The van der Waals surface area contributed by atoms with Crippen molar-refractivity contribution < 1.29 is 9.53 Å². The number of hydrogen-bond donors (Lipinski definition) is 1. The number of carbonyl (C=O) groups is 1. The Labute approximate surface area is 165 Å². The van der Waals surface area contributed by atoms with Gasteiger partial charge in [-0.3, -0.25) is 4.79 Å². The number of anilines is 1. The molecule has 0 aliphatic rings. The summed E-state index contributed by atoms with van der Waals surface area (Å²) < 4.78 is 6.89. The van der Waals surface area contributed by atoms with Gasteiger partial charge in [0.05, 0.1) is 0 Å². The third kappa shape index (κ3) is 5.83. The first kappa shape index (κ1) is 19.4. The molecule has 0 unspecified atom stereocenters. The summed E-state index contributed by atoms with van der Waals surface area (Å²) in [6, 6.07) is 16.2. The largest absolute Gasteiger partial charge is 0.484 e. The van der Waals surface area contributed by atoms with Crippen LogP contribution in [0.2, 0.25) is 0 Å². The molecule has 0 radical (unpaired) electrons. The van der Waals surface area contributed by atoms with Gasteiger partial charge in [-0.05, 0) is 67.1 Å². The maximum Gasteiger partial charge on any atom is 0.262 e. The van der Waals surface area contributed by atoms with Crippen molar-refractivity contribution in [2.24, 2.45) is 0 Å². The average molecular weight is 382 g/mol. The van der Waals surface area contributed by atoms with Crippen molar-refractivity contribution in [3.05, 3.63) is 59.0 Å². The number of thiophene rings is 1. The number of rotatable bonds is 9. The Bertz CT molecular complexity index is 883. The number of ether oxygens (including phenoxy) is 1. The topological polar surface area (TPSA) is 38.3 Å². The number of amides is 1. The zero-order chi connectivity index (χ0) is 19.1. The summed E-state index contributed by atoms with van der Waals surface area (Å²) in [6.45, 7) is 4.32. The molecule has 3 aromatic rings. The summed E-state index contributed by atoms with van der Waals surface area (Å²) in [4.78, 5) is 13.4. The number of hydrogen-bond acceptors (Lipinski definition) is 3. The van der Waals surface area contributed by atoms with Crippen molar-refractivity contribution in [1.29, 1.82) is 0 Å². The van der Waals surface area contributed by atoms with Crippen molar-refractivity contribution >= 4 is 33.0 Å². The molecule has 27 heavy (non-hydrogen) atoms. The van der Waals surface area contributed by atoms with E-state index in [-0.39, 0.29) is 12.5 Å². The third-order valence-corrected chi connectivity index (χ3v) is 5.57. The van der Waals surface area contributed by atoms with Gasteiger partial charge in [-0.25, -0.2) is 0 Å². The molecule has 0 saturated carbocycles. The quantitative estimate of drug-likeness (QED) is 0.439. The zero-order valence-electron chi connectivity index (χ0n) is 16.1. The molecule has 3 rings (SSSR count). The van der Waals surface area contributed by atoms with Gasteiger partial charge in [0, 0.05) is 15.3 Å². The standard InChI is InChI=1S/C23H27NO2S/c1-3-4-5-6-7-18-8-10-20(11-9-18)24-23(25)16-26-21-12-13-22-19(15-21)14-17(2)27-22/h8-15H,3-7,16H2,1-2H3,(H,24,25). The van der Waals surface area contributed by atoms with E-state index in [4.69, 9.17) is 4.74 Å². The lowest BCUT2D eigenvalue weighted by atomic mass is 10.1.